The molecule has 2 aliphatic rings. The van der Waals surface area contributed by atoms with Crippen LogP contribution in [0.1, 0.15) is 32.6 Å². The average molecular weight is 298 g/mol. The number of hydrogen-bond donors (Lipinski definition) is 2. The van der Waals surface area contributed by atoms with E-state index in [0.29, 0.717) is 31.6 Å². The molecule has 0 spiro atoms. The van der Waals surface area contributed by atoms with E-state index >= 15 is 0 Å². The molecule has 108 valence electrons. The molecule has 0 radical (unpaired) electrons. The van der Waals surface area contributed by atoms with Gasteiger partial charge < -0.3 is 5.32 Å². The zero-order valence-electron chi connectivity index (χ0n) is 10.9. The third-order valence-corrected chi connectivity index (χ3v) is 5.18. The van der Waals surface area contributed by atoms with Crippen molar-refractivity contribution in [2.24, 2.45) is 5.92 Å². The SMILES string of the molecule is CC1CCCN(S(=O)(=O)NCC2CCCN2)C1.Cl. The molecule has 2 N–H and O–H groups in total. The van der Waals surface area contributed by atoms with Crippen LogP contribution in [-0.2, 0) is 10.2 Å². The topological polar surface area (TPSA) is 61.4 Å². The molecule has 0 aliphatic carbocycles. The minimum Gasteiger partial charge on any atom is -0.313 e. The highest BCUT2D eigenvalue weighted by molar-refractivity contribution is 7.87. The molecule has 2 saturated heterocycles. The highest BCUT2D eigenvalue weighted by atomic mass is 35.5. The van der Waals surface area contributed by atoms with Gasteiger partial charge in [0, 0.05) is 25.7 Å². The molecule has 5 nitrogen and oxygen atoms in total. The summed E-state index contributed by atoms with van der Waals surface area (Å²) in [4.78, 5) is 0. The van der Waals surface area contributed by atoms with Crippen molar-refractivity contribution >= 4 is 22.6 Å². The van der Waals surface area contributed by atoms with Gasteiger partial charge in [0.15, 0.2) is 0 Å². The summed E-state index contributed by atoms with van der Waals surface area (Å²) in [5, 5.41) is 3.30. The van der Waals surface area contributed by atoms with Crippen molar-refractivity contribution < 1.29 is 8.42 Å². The van der Waals surface area contributed by atoms with Crippen molar-refractivity contribution in [1.29, 1.82) is 0 Å². The maximum atomic E-state index is 12.1. The summed E-state index contributed by atoms with van der Waals surface area (Å²) in [6.45, 7) is 4.96. The minimum atomic E-state index is -3.26. The van der Waals surface area contributed by atoms with Crippen LogP contribution >= 0.6 is 12.4 Å². The third-order valence-electron chi connectivity index (χ3n) is 3.63. The fraction of sp³-hybridized carbons (Fsp3) is 1.00. The fourth-order valence-electron chi connectivity index (χ4n) is 2.59. The summed E-state index contributed by atoms with van der Waals surface area (Å²) in [6, 6.07) is 0.312. The molecule has 0 aromatic heterocycles. The molecule has 7 heteroatoms. The van der Waals surface area contributed by atoms with Crippen LogP contribution in [0.15, 0.2) is 0 Å². The molecular formula is C11H24ClN3O2S. The normalized spacial score (nSPS) is 30.1. The molecule has 0 aromatic carbocycles. The van der Waals surface area contributed by atoms with Crippen molar-refractivity contribution in [3.8, 4) is 0 Å². The lowest BCUT2D eigenvalue weighted by Crippen LogP contribution is -2.48. The standard InChI is InChI=1S/C11H23N3O2S.ClH/c1-10-4-3-7-14(9-10)17(15,16)13-8-11-5-2-6-12-11;/h10-13H,2-9H2,1H3;1H. The first-order valence-electron chi connectivity index (χ1n) is 6.56. The van der Waals surface area contributed by atoms with E-state index in [4.69, 9.17) is 0 Å². The number of nitrogens with one attached hydrogen (secondary N) is 2. The van der Waals surface area contributed by atoms with Crippen molar-refractivity contribution in [2.75, 3.05) is 26.2 Å². The van der Waals surface area contributed by atoms with Gasteiger partial charge in [0.05, 0.1) is 0 Å². The highest BCUT2D eigenvalue weighted by Crippen LogP contribution is 2.17. The lowest BCUT2D eigenvalue weighted by atomic mass is 10.0. The van der Waals surface area contributed by atoms with Gasteiger partial charge in [-0.1, -0.05) is 6.92 Å². The number of hydrogen-bond acceptors (Lipinski definition) is 3. The monoisotopic (exact) mass is 297 g/mol. The van der Waals surface area contributed by atoms with E-state index in [9.17, 15) is 8.42 Å². The van der Waals surface area contributed by atoms with Crippen LogP contribution in [0.2, 0.25) is 0 Å². The van der Waals surface area contributed by atoms with Gasteiger partial charge in [0.1, 0.15) is 0 Å². The van der Waals surface area contributed by atoms with Gasteiger partial charge in [-0.15, -0.1) is 12.4 Å². The Labute approximate surface area is 116 Å². The predicted molar refractivity (Wildman–Crippen MR) is 75.2 cm³/mol. The Morgan fingerprint density at radius 3 is 2.72 bits per heavy atom. The Morgan fingerprint density at radius 1 is 1.33 bits per heavy atom. The third kappa shape index (κ3) is 4.35. The molecule has 2 atom stereocenters. The van der Waals surface area contributed by atoms with E-state index in [2.05, 4.69) is 17.0 Å². The van der Waals surface area contributed by atoms with Crippen LogP contribution in [0.5, 0.6) is 0 Å². The number of halogens is 1. The Hall–Kier alpha value is 0.120. The fourth-order valence-corrected chi connectivity index (χ4v) is 4.01. The van der Waals surface area contributed by atoms with Gasteiger partial charge in [-0.25, -0.2) is 4.72 Å². The molecule has 0 bridgehead atoms. The van der Waals surface area contributed by atoms with E-state index < -0.39 is 10.2 Å². The second kappa shape index (κ2) is 7.05. The minimum absolute atomic E-state index is 0. The van der Waals surface area contributed by atoms with E-state index in [1.54, 1.807) is 4.31 Å². The lowest BCUT2D eigenvalue weighted by Gasteiger charge is -2.30. The zero-order valence-corrected chi connectivity index (χ0v) is 12.5. The molecule has 2 rings (SSSR count). The molecule has 2 fully saturated rings. The summed E-state index contributed by atoms with van der Waals surface area (Å²) in [5.41, 5.74) is 0. The summed E-state index contributed by atoms with van der Waals surface area (Å²) < 4.78 is 28.5. The first-order valence-corrected chi connectivity index (χ1v) is 8.00. The number of piperidine rings is 1. The largest absolute Gasteiger partial charge is 0.313 e. The van der Waals surface area contributed by atoms with E-state index in [1.165, 1.54) is 0 Å². The van der Waals surface area contributed by atoms with Crippen LogP contribution in [-0.4, -0.2) is 44.9 Å². The van der Waals surface area contributed by atoms with Crippen molar-refractivity contribution in [2.45, 2.75) is 38.6 Å². The summed E-state index contributed by atoms with van der Waals surface area (Å²) in [6.07, 6.45) is 4.33. The van der Waals surface area contributed by atoms with Crippen LogP contribution in [0.4, 0.5) is 0 Å². The smallest absolute Gasteiger partial charge is 0.279 e. The molecular weight excluding hydrogens is 274 g/mol. The molecule has 0 saturated carbocycles. The van der Waals surface area contributed by atoms with Crippen molar-refractivity contribution in [3.63, 3.8) is 0 Å². The Bertz CT molecular complexity index is 344. The Balaban J connectivity index is 0.00000162. The Kier molecular flexibility index (Phi) is 6.34. The predicted octanol–water partition coefficient (Wildman–Crippen LogP) is 0.726. The van der Waals surface area contributed by atoms with Crippen LogP contribution < -0.4 is 10.0 Å². The molecule has 18 heavy (non-hydrogen) atoms. The van der Waals surface area contributed by atoms with Crippen LogP contribution in [0, 0.1) is 5.92 Å². The first kappa shape index (κ1) is 16.2. The van der Waals surface area contributed by atoms with E-state index in [0.717, 1.165) is 32.2 Å². The molecule has 2 aliphatic heterocycles. The van der Waals surface area contributed by atoms with E-state index in [1.807, 2.05) is 0 Å². The van der Waals surface area contributed by atoms with Gasteiger partial charge in [-0.05, 0) is 38.1 Å². The Morgan fingerprint density at radius 2 is 2.11 bits per heavy atom. The number of rotatable bonds is 4. The zero-order chi connectivity index (χ0) is 12.3. The van der Waals surface area contributed by atoms with E-state index in [-0.39, 0.29) is 12.4 Å². The summed E-state index contributed by atoms with van der Waals surface area (Å²) >= 11 is 0. The molecule has 0 aromatic rings. The molecule has 0 amide bonds. The molecule has 2 heterocycles. The first-order chi connectivity index (χ1) is 8.08. The van der Waals surface area contributed by atoms with Gasteiger partial charge >= 0.3 is 0 Å². The van der Waals surface area contributed by atoms with Gasteiger partial charge in [0.2, 0.25) is 0 Å². The van der Waals surface area contributed by atoms with Gasteiger partial charge in [-0.3, -0.25) is 0 Å². The van der Waals surface area contributed by atoms with Gasteiger partial charge in [-0.2, -0.15) is 12.7 Å². The highest BCUT2D eigenvalue weighted by Gasteiger charge is 2.27. The summed E-state index contributed by atoms with van der Waals surface area (Å²) in [5.74, 6) is 0.477. The average Bonchev–Trinajstić information content (AvgIpc) is 2.79. The van der Waals surface area contributed by atoms with Crippen LogP contribution in [0.3, 0.4) is 0 Å². The molecule has 2 unspecified atom stereocenters. The second-order valence-corrected chi connectivity index (χ2v) is 7.01. The van der Waals surface area contributed by atoms with Crippen molar-refractivity contribution in [1.82, 2.24) is 14.3 Å². The quantitative estimate of drug-likeness (QED) is 0.804. The van der Waals surface area contributed by atoms with Crippen molar-refractivity contribution in [3.05, 3.63) is 0 Å². The lowest BCUT2D eigenvalue weighted by molar-refractivity contribution is 0.278. The number of nitrogens with zero attached hydrogens (tertiary/aromatic N) is 1. The summed E-state index contributed by atoms with van der Waals surface area (Å²) in [7, 11) is -3.26. The maximum absolute atomic E-state index is 12.1. The van der Waals surface area contributed by atoms with Crippen LogP contribution in [0.25, 0.3) is 0 Å². The second-order valence-electron chi connectivity index (χ2n) is 5.25. The van der Waals surface area contributed by atoms with Gasteiger partial charge in [0.25, 0.3) is 10.2 Å². The maximum Gasteiger partial charge on any atom is 0.279 e.